The highest BCUT2D eigenvalue weighted by Gasteiger charge is 2.53. The first-order valence-corrected chi connectivity index (χ1v) is 49.6. The second-order valence-corrected chi connectivity index (χ2v) is 34.7. The van der Waals surface area contributed by atoms with Crippen LogP contribution in [0.15, 0.2) is 0 Å². The molecule has 4 N–H and O–H groups in total. The van der Waals surface area contributed by atoms with Gasteiger partial charge in [-0.05, 0) is 90.3 Å². The number of ether oxygens (including phenoxy) is 6. The quantitative estimate of drug-likeness (QED) is 0.0191. The van der Waals surface area contributed by atoms with E-state index >= 15 is 0 Å². The highest BCUT2D eigenvalue weighted by atomic mass is 31.2. The van der Waals surface area contributed by atoms with Gasteiger partial charge in [0.1, 0.15) is 36.6 Å². The number of nitrogens with one attached hydrogen (secondary N) is 1. The number of aliphatic hydroxyl groups excluding tert-OH is 1. The van der Waals surface area contributed by atoms with Crippen molar-refractivity contribution in [3.63, 3.8) is 0 Å². The van der Waals surface area contributed by atoms with E-state index in [2.05, 4.69) is 72.5 Å². The molecule has 2 heterocycles. The van der Waals surface area contributed by atoms with Gasteiger partial charge in [-0.3, -0.25) is 33.3 Å². The van der Waals surface area contributed by atoms with Crippen molar-refractivity contribution in [2.45, 2.75) is 522 Å². The zero-order valence-electron chi connectivity index (χ0n) is 74.9. The summed E-state index contributed by atoms with van der Waals surface area (Å²) in [6.07, 6.45) is 49.0. The van der Waals surface area contributed by atoms with Crippen LogP contribution in [0, 0.1) is 0 Å². The lowest BCUT2D eigenvalue weighted by atomic mass is 9.95. The average Bonchev–Trinajstić information content (AvgIpc) is 0.795. The molecule has 672 valence electrons. The first kappa shape index (κ1) is 109. The number of rotatable bonds is 78. The summed E-state index contributed by atoms with van der Waals surface area (Å²) in [5.74, 6) is -2.92. The highest BCUT2D eigenvalue weighted by Crippen LogP contribution is 2.43. The summed E-state index contributed by atoms with van der Waals surface area (Å²) in [6.45, 7) is 22.7. The average molecular weight is 1640 g/mol. The number of unbranched alkanes of at least 4 members (excludes halogenated alkanes) is 46. The van der Waals surface area contributed by atoms with Crippen molar-refractivity contribution < 1.29 is 81.2 Å². The number of carbonyl (C=O) groups is 6. The number of esters is 4. The maximum absolute atomic E-state index is 15.0. The molecular formula is C93H178N3O17P. The van der Waals surface area contributed by atoms with Crippen molar-refractivity contribution >= 4 is 43.5 Å². The Bertz CT molecular complexity index is 2320. The fourth-order valence-electron chi connectivity index (χ4n) is 15.9. The van der Waals surface area contributed by atoms with Crippen LogP contribution in [0.4, 0.5) is 0 Å². The molecule has 0 saturated carbocycles. The van der Waals surface area contributed by atoms with Crippen molar-refractivity contribution in [2.24, 2.45) is 0 Å². The van der Waals surface area contributed by atoms with Gasteiger partial charge in [0.2, 0.25) is 11.8 Å². The van der Waals surface area contributed by atoms with E-state index in [-0.39, 0.29) is 44.2 Å². The molecule has 2 fully saturated rings. The van der Waals surface area contributed by atoms with Crippen molar-refractivity contribution in [2.75, 3.05) is 39.4 Å². The van der Waals surface area contributed by atoms with Gasteiger partial charge >= 0.3 is 31.7 Å². The molecule has 0 bridgehead atoms. The first-order valence-electron chi connectivity index (χ1n) is 48.1. The van der Waals surface area contributed by atoms with Gasteiger partial charge in [0.15, 0.2) is 12.4 Å². The maximum Gasteiger partial charge on any atom is 0.470 e. The van der Waals surface area contributed by atoms with E-state index in [4.69, 9.17) is 32.9 Å². The third kappa shape index (κ3) is 60.3. The lowest BCUT2D eigenvalue weighted by Crippen LogP contribution is -2.66. The van der Waals surface area contributed by atoms with E-state index in [9.17, 15) is 48.2 Å². The van der Waals surface area contributed by atoms with E-state index in [0.717, 1.165) is 161 Å². The van der Waals surface area contributed by atoms with Crippen molar-refractivity contribution in [1.29, 1.82) is 0 Å². The summed E-state index contributed by atoms with van der Waals surface area (Å²) in [5.41, 5.74) is 0. The molecule has 2 rings (SSSR count). The van der Waals surface area contributed by atoms with Crippen LogP contribution < -0.4 is 5.32 Å². The van der Waals surface area contributed by atoms with Crippen LogP contribution in [0.3, 0.4) is 0 Å². The summed E-state index contributed by atoms with van der Waals surface area (Å²) in [6, 6.07) is -2.10. The smallest absolute Gasteiger partial charge is 0.462 e. The van der Waals surface area contributed by atoms with Gasteiger partial charge in [-0.25, -0.2) is 4.57 Å². The Kier molecular flexibility index (Phi) is 72.5. The molecule has 0 unspecified atom stereocenters. The fraction of sp³-hybridized carbons (Fsp3) is 0.935. The van der Waals surface area contributed by atoms with Crippen LogP contribution >= 0.6 is 7.82 Å². The summed E-state index contributed by atoms with van der Waals surface area (Å²) >= 11 is 0. The molecule has 2 amide bonds. The Morgan fingerprint density at radius 3 is 1.05 bits per heavy atom. The zero-order chi connectivity index (χ0) is 83.8. The van der Waals surface area contributed by atoms with E-state index in [0.29, 0.717) is 70.8 Å². The Hall–Kier alpha value is -3.23. The van der Waals surface area contributed by atoms with Crippen LogP contribution in [0.25, 0.3) is 0 Å². The SMILES string of the molecule is CCCCCCCCCCCC(=O)O[C@H](CCCCCCCCCCC)CC(=O)O[C@@H]1[C@@H](NC(=O)C[C@@H](CCCCCCCCCCC)OC(=O)CCCCCCCCC)[C@H](OC[C@@H]2CCCN2C(=O)C[C@@H](CCCCCCCCCCC)OC(=O)CCCCCCCCCCC)O[C@H](CO)[C@H]1OP(=O)(O)O.CCN(CC)CC. The standard InChI is InChI=1S/C87H163N2O17P.C6H15N/c1-7-13-19-25-31-36-42-47-53-61-74(101-80(93)64-56-50-41-30-24-18-12-6)68-78(91)88-84-86(105-83(96)70-76(63-55-49-44-38-33-27-21-15-9-3)103-82(95)66-58-52-46-40-35-29-23-17-11-5)85(106-107(97,98)99)77(71-90)104-87(84)100-72-73-60-59-67-89(73)79(92)69-75(62-54-48-43-37-32-26-20-14-8-2)102-81(94)65-57-51-45-39-34-28-22-16-10-4;1-4-7(5-2)6-3/h73-77,84-87,90H,7-72H2,1-6H3,(H,88,91)(H2,97,98,99);4-6H2,1-3H3/t73-,74+,75+,76+,77+,84+,85+,86+,87+;/m0./s1. The van der Waals surface area contributed by atoms with E-state index in [1.165, 1.54) is 167 Å². The topological polar surface area (TPSA) is 263 Å². The van der Waals surface area contributed by atoms with Gasteiger partial charge < -0.3 is 58.4 Å². The van der Waals surface area contributed by atoms with Crippen molar-refractivity contribution in [3.05, 3.63) is 0 Å². The monoisotopic (exact) mass is 1640 g/mol. The molecular weight excluding hydrogens is 1460 g/mol. The van der Waals surface area contributed by atoms with Crippen molar-refractivity contribution in [3.8, 4) is 0 Å². The number of likely N-dealkylation sites (tertiary alicyclic amines) is 1. The van der Waals surface area contributed by atoms with Crippen LogP contribution in [-0.2, 0) is 66.3 Å². The predicted octanol–water partition coefficient (Wildman–Crippen LogP) is 23.6. The molecule has 20 nitrogen and oxygen atoms in total. The molecule has 2 saturated heterocycles. The lowest BCUT2D eigenvalue weighted by Gasteiger charge is -2.45. The van der Waals surface area contributed by atoms with Gasteiger partial charge in [0.25, 0.3) is 0 Å². The number of aliphatic hydroxyl groups is 1. The van der Waals surface area contributed by atoms with E-state index in [1.54, 1.807) is 4.90 Å². The molecule has 21 heteroatoms. The van der Waals surface area contributed by atoms with E-state index < -0.39 is 99.7 Å². The number of nitrogens with zero attached hydrogens (tertiary/aromatic N) is 2. The predicted molar refractivity (Wildman–Crippen MR) is 464 cm³/mol. The van der Waals surface area contributed by atoms with Gasteiger partial charge in [-0.2, -0.15) is 0 Å². The minimum atomic E-state index is -5.48. The molecule has 0 spiro atoms. The van der Waals surface area contributed by atoms with Crippen molar-refractivity contribution in [1.82, 2.24) is 15.1 Å². The highest BCUT2D eigenvalue weighted by molar-refractivity contribution is 7.46. The van der Waals surface area contributed by atoms with Crippen LogP contribution in [0.1, 0.15) is 467 Å². The molecule has 2 aliphatic heterocycles. The molecule has 9 atom stereocenters. The fourth-order valence-corrected chi connectivity index (χ4v) is 16.5. The van der Waals surface area contributed by atoms with Gasteiger partial charge in [-0.15, -0.1) is 0 Å². The maximum atomic E-state index is 15.0. The molecule has 0 aliphatic carbocycles. The summed E-state index contributed by atoms with van der Waals surface area (Å²) < 4.78 is 56.4. The summed E-state index contributed by atoms with van der Waals surface area (Å²) in [4.78, 5) is 111. The first-order chi connectivity index (χ1) is 55.4. The number of carbonyl (C=O) groups excluding carboxylic acids is 6. The van der Waals surface area contributed by atoms with Crippen LogP contribution in [0.5, 0.6) is 0 Å². The molecule has 0 aromatic heterocycles. The number of phosphoric ester groups is 1. The van der Waals surface area contributed by atoms with E-state index in [1.807, 2.05) is 0 Å². The number of amides is 2. The lowest BCUT2D eigenvalue weighted by molar-refractivity contribution is -0.273. The van der Waals surface area contributed by atoms with Crippen LogP contribution in [-0.4, -0.2) is 155 Å². The molecule has 0 radical (unpaired) electrons. The second kappa shape index (κ2) is 75.9. The normalized spacial score (nSPS) is 17.8. The number of hydrogen-bond donors (Lipinski definition) is 4. The molecule has 0 aromatic rings. The van der Waals surface area contributed by atoms with Gasteiger partial charge in [0.05, 0.1) is 38.5 Å². The number of hydrogen-bond acceptors (Lipinski definition) is 16. The summed E-state index contributed by atoms with van der Waals surface area (Å²) in [7, 11) is -5.48. The Morgan fingerprint density at radius 2 is 0.737 bits per heavy atom. The Labute approximate surface area is 697 Å². The largest absolute Gasteiger partial charge is 0.470 e. The zero-order valence-corrected chi connectivity index (χ0v) is 75.8. The third-order valence-corrected chi connectivity index (χ3v) is 23.6. The summed E-state index contributed by atoms with van der Waals surface area (Å²) in [5, 5.41) is 14.0. The molecule has 2 aliphatic rings. The minimum absolute atomic E-state index is 0.0137. The van der Waals surface area contributed by atoms with Crippen LogP contribution in [0.2, 0.25) is 0 Å². The Morgan fingerprint density at radius 1 is 0.421 bits per heavy atom. The third-order valence-electron chi connectivity index (χ3n) is 23.1. The molecule has 0 aromatic carbocycles. The molecule has 114 heavy (non-hydrogen) atoms. The van der Waals surface area contributed by atoms with Gasteiger partial charge in [0, 0.05) is 25.8 Å². The minimum Gasteiger partial charge on any atom is -0.462 e. The van der Waals surface area contributed by atoms with Gasteiger partial charge in [-0.1, -0.05) is 358 Å². The Balaban J connectivity index is 0.00000883. The number of phosphoric acid groups is 1. The second-order valence-electron chi connectivity index (χ2n) is 33.5.